The fourth-order valence-corrected chi connectivity index (χ4v) is 10.9. The molecule has 41 heavy (non-hydrogen) atoms. The van der Waals surface area contributed by atoms with Gasteiger partial charge in [0.2, 0.25) is 0 Å². The van der Waals surface area contributed by atoms with E-state index < -0.39 is 0 Å². The Balaban J connectivity index is 1.27. The standard InChI is InChI=1S/C37H54O4/c1-22(2)19-23(3)29-16-18-37(7)30-20-24(4)35-25(5)32(13-11-28(35)27(30)15-17-36(29,37)6)41-34(39)14-10-26-9-12-31(38)33(21-26)40-8/h9-10,12,14,19,21,23-25,27-30,32,35,38H,11,13,15-18,20H2,1-8H3/b14-10+. The molecular weight excluding hydrogens is 508 g/mol. The summed E-state index contributed by atoms with van der Waals surface area (Å²) < 4.78 is 11.3. The number of allylic oxidation sites excluding steroid dienone is 2. The monoisotopic (exact) mass is 562 g/mol. The molecule has 226 valence electrons. The molecule has 0 saturated heterocycles. The van der Waals surface area contributed by atoms with Crippen molar-refractivity contribution in [3.63, 3.8) is 0 Å². The van der Waals surface area contributed by atoms with Crippen LogP contribution < -0.4 is 4.74 Å². The van der Waals surface area contributed by atoms with E-state index in [1.54, 1.807) is 24.3 Å². The lowest BCUT2D eigenvalue weighted by molar-refractivity contribution is -0.171. The molecule has 1 N–H and O–H groups in total. The predicted octanol–water partition coefficient (Wildman–Crippen LogP) is 9.08. The fourth-order valence-electron chi connectivity index (χ4n) is 10.9. The highest BCUT2D eigenvalue weighted by molar-refractivity contribution is 5.87. The van der Waals surface area contributed by atoms with Crippen LogP contribution in [0.5, 0.6) is 11.5 Å². The first-order valence-corrected chi connectivity index (χ1v) is 16.3. The Bertz CT molecular complexity index is 1180. The Morgan fingerprint density at radius 3 is 2.49 bits per heavy atom. The van der Waals surface area contributed by atoms with Crippen LogP contribution in [0.4, 0.5) is 0 Å². The molecule has 0 spiro atoms. The summed E-state index contributed by atoms with van der Waals surface area (Å²) in [6, 6.07) is 5.06. The number of esters is 1. The molecule has 1 aromatic carbocycles. The van der Waals surface area contributed by atoms with Crippen LogP contribution in [-0.2, 0) is 9.53 Å². The van der Waals surface area contributed by atoms with Crippen LogP contribution in [0.3, 0.4) is 0 Å². The summed E-state index contributed by atoms with van der Waals surface area (Å²) in [4.78, 5) is 12.9. The van der Waals surface area contributed by atoms with E-state index in [2.05, 4.69) is 54.5 Å². The third-order valence-electron chi connectivity index (χ3n) is 12.8. The first-order chi connectivity index (χ1) is 19.4. The number of carbonyl (C=O) groups excluding carboxylic acids is 1. The summed E-state index contributed by atoms with van der Waals surface area (Å²) in [6.45, 7) is 17.2. The second kappa shape index (κ2) is 11.5. The van der Waals surface area contributed by atoms with Gasteiger partial charge < -0.3 is 14.6 Å². The summed E-state index contributed by atoms with van der Waals surface area (Å²) in [5, 5.41) is 9.84. The van der Waals surface area contributed by atoms with Crippen LogP contribution >= 0.6 is 0 Å². The van der Waals surface area contributed by atoms with E-state index in [-0.39, 0.29) is 17.8 Å². The van der Waals surface area contributed by atoms with Crippen LogP contribution in [-0.4, -0.2) is 24.3 Å². The van der Waals surface area contributed by atoms with Crippen molar-refractivity contribution in [3.8, 4) is 11.5 Å². The first-order valence-electron chi connectivity index (χ1n) is 16.3. The van der Waals surface area contributed by atoms with Crippen molar-refractivity contribution in [2.24, 2.45) is 58.2 Å². The summed E-state index contributed by atoms with van der Waals surface area (Å²) >= 11 is 0. The lowest BCUT2D eigenvalue weighted by Crippen LogP contribution is -2.57. The minimum absolute atomic E-state index is 0.0213. The molecule has 4 aliphatic carbocycles. The molecule has 11 unspecified atom stereocenters. The van der Waals surface area contributed by atoms with Crippen LogP contribution in [0.15, 0.2) is 35.9 Å². The molecule has 4 nitrogen and oxygen atoms in total. The highest BCUT2D eigenvalue weighted by Crippen LogP contribution is 2.72. The van der Waals surface area contributed by atoms with Crippen molar-refractivity contribution in [1.29, 1.82) is 0 Å². The van der Waals surface area contributed by atoms with E-state index in [0.29, 0.717) is 40.3 Å². The van der Waals surface area contributed by atoms with Crippen LogP contribution in [0.25, 0.3) is 6.08 Å². The van der Waals surface area contributed by atoms with Gasteiger partial charge in [-0.15, -0.1) is 0 Å². The molecule has 11 atom stereocenters. The Kier molecular flexibility index (Phi) is 8.45. The van der Waals surface area contributed by atoms with E-state index >= 15 is 0 Å². The maximum atomic E-state index is 12.9. The molecule has 4 aliphatic rings. The van der Waals surface area contributed by atoms with E-state index in [4.69, 9.17) is 9.47 Å². The van der Waals surface area contributed by atoms with Gasteiger partial charge in [-0.3, -0.25) is 0 Å². The average Bonchev–Trinajstić information content (AvgIpc) is 3.20. The maximum absolute atomic E-state index is 12.9. The number of benzene rings is 1. The van der Waals surface area contributed by atoms with Crippen molar-refractivity contribution in [1.82, 2.24) is 0 Å². The molecule has 0 radical (unpaired) electrons. The van der Waals surface area contributed by atoms with Gasteiger partial charge in [-0.1, -0.05) is 52.3 Å². The largest absolute Gasteiger partial charge is 0.504 e. The van der Waals surface area contributed by atoms with Crippen LogP contribution in [0.1, 0.15) is 99.0 Å². The van der Waals surface area contributed by atoms with E-state index in [9.17, 15) is 9.90 Å². The quantitative estimate of drug-likeness (QED) is 0.213. The third-order valence-corrected chi connectivity index (χ3v) is 12.8. The molecule has 0 amide bonds. The van der Waals surface area contributed by atoms with Crippen LogP contribution in [0, 0.1) is 58.2 Å². The number of aromatic hydroxyl groups is 1. The van der Waals surface area contributed by atoms with E-state index in [1.165, 1.54) is 57.3 Å². The highest BCUT2D eigenvalue weighted by Gasteiger charge is 2.65. The molecule has 0 bridgehead atoms. The molecule has 0 heterocycles. The number of phenols is 1. The summed E-state index contributed by atoms with van der Waals surface area (Å²) in [5.74, 6) is 5.71. The summed E-state index contributed by atoms with van der Waals surface area (Å²) in [7, 11) is 1.52. The van der Waals surface area contributed by atoms with E-state index in [0.717, 1.165) is 35.7 Å². The lowest BCUT2D eigenvalue weighted by atomic mass is 9.41. The minimum atomic E-state index is -0.280. The van der Waals surface area contributed by atoms with Crippen molar-refractivity contribution in [2.75, 3.05) is 7.11 Å². The Morgan fingerprint density at radius 2 is 1.78 bits per heavy atom. The number of hydrogen-bond acceptors (Lipinski definition) is 4. The number of ether oxygens (including phenoxy) is 2. The Hall–Kier alpha value is -2.23. The highest BCUT2D eigenvalue weighted by atomic mass is 16.5. The number of methoxy groups -OCH3 is 1. The van der Waals surface area contributed by atoms with Gasteiger partial charge in [0, 0.05) is 6.08 Å². The Morgan fingerprint density at radius 1 is 1.05 bits per heavy atom. The van der Waals surface area contributed by atoms with Crippen LogP contribution in [0.2, 0.25) is 0 Å². The second-order valence-corrected chi connectivity index (χ2v) is 15.0. The summed E-state index contributed by atoms with van der Waals surface area (Å²) in [6.07, 6.45) is 14.8. The normalized spacial score (nSPS) is 40.7. The van der Waals surface area contributed by atoms with Gasteiger partial charge in [0.25, 0.3) is 0 Å². The molecule has 1 aromatic rings. The molecule has 4 saturated carbocycles. The zero-order valence-electron chi connectivity index (χ0n) is 26.8. The van der Waals surface area contributed by atoms with Gasteiger partial charge in [-0.2, -0.15) is 0 Å². The van der Waals surface area contributed by atoms with Gasteiger partial charge in [0.05, 0.1) is 7.11 Å². The van der Waals surface area contributed by atoms with Gasteiger partial charge in [0.15, 0.2) is 11.5 Å². The van der Waals surface area contributed by atoms with Crippen molar-refractivity contribution >= 4 is 12.0 Å². The van der Waals surface area contributed by atoms with Gasteiger partial charge in [0.1, 0.15) is 6.10 Å². The second-order valence-electron chi connectivity index (χ2n) is 15.0. The number of hydrogen-bond donors (Lipinski definition) is 1. The van der Waals surface area contributed by atoms with Crippen molar-refractivity contribution in [3.05, 3.63) is 41.5 Å². The maximum Gasteiger partial charge on any atom is 0.331 e. The molecule has 4 heteroatoms. The lowest BCUT2D eigenvalue weighted by Gasteiger charge is -2.63. The van der Waals surface area contributed by atoms with Gasteiger partial charge >= 0.3 is 5.97 Å². The molecular formula is C37H54O4. The number of fused-ring (bicyclic) bond motifs is 5. The molecule has 5 rings (SSSR count). The molecule has 0 aromatic heterocycles. The first kappa shape index (κ1) is 30.2. The predicted molar refractivity (Wildman–Crippen MR) is 166 cm³/mol. The smallest absolute Gasteiger partial charge is 0.331 e. The minimum Gasteiger partial charge on any atom is -0.504 e. The fraction of sp³-hybridized carbons (Fsp3) is 0.703. The van der Waals surface area contributed by atoms with Crippen molar-refractivity contribution < 1.29 is 19.4 Å². The zero-order chi connectivity index (χ0) is 29.7. The van der Waals surface area contributed by atoms with Gasteiger partial charge in [-0.05, 0) is 141 Å². The topological polar surface area (TPSA) is 55.8 Å². The molecule has 4 fully saturated rings. The van der Waals surface area contributed by atoms with E-state index in [1.807, 2.05) is 0 Å². The summed E-state index contributed by atoms with van der Waals surface area (Å²) in [5.41, 5.74) is 3.11. The average molecular weight is 563 g/mol. The number of rotatable bonds is 6. The van der Waals surface area contributed by atoms with Gasteiger partial charge in [-0.25, -0.2) is 4.79 Å². The Labute approximate surface area is 249 Å². The zero-order valence-corrected chi connectivity index (χ0v) is 26.8. The number of carbonyl (C=O) groups is 1. The number of phenolic OH excluding ortho intramolecular Hbond substituents is 1. The van der Waals surface area contributed by atoms with Crippen molar-refractivity contribution in [2.45, 2.75) is 99.5 Å². The SMILES string of the molecule is COc1cc(/C=C/C(=O)OC2CCC3C4CCC5(C)C(C(C)C=C(C)C)CCC5(C)C4CC(C)C3C2C)ccc1O. The molecule has 0 aliphatic heterocycles. The third kappa shape index (κ3) is 5.27.